The Morgan fingerprint density at radius 3 is 1.75 bits per heavy atom. The van der Waals surface area contributed by atoms with Crippen molar-refractivity contribution in [2.24, 2.45) is 0 Å². The van der Waals surface area contributed by atoms with Gasteiger partial charge in [-0.25, -0.2) is 0 Å². The molecule has 0 aromatic heterocycles. The summed E-state index contributed by atoms with van der Waals surface area (Å²) in [7, 11) is 4.40. The lowest BCUT2D eigenvalue weighted by atomic mass is 9.69. The van der Waals surface area contributed by atoms with Crippen molar-refractivity contribution in [1.29, 1.82) is 0 Å². The van der Waals surface area contributed by atoms with E-state index in [0.29, 0.717) is 5.41 Å². The zero-order valence-corrected chi connectivity index (χ0v) is 20.8. The molecule has 2 nitrogen and oxygen atoms in total. The van der Waals surface area contributed by atoms with E-state index in [4.69, 9.17) is 0 Å². The third-order valence-corrected chi connectivity index (χ3v) is 7.62. The Labute approximate surface area is 196 Å². The van der Waals surface area contributed by atoms with Crippen LogP contribution in [0.1, 0.15) is 86.5 Å². The molecule has 2 aliphatic rings. The van der Waals surface area contributed by atoms with Crippen LogP contribution in [0.25, 0.3) is 0 Å². The summed E-state index contributed by atoms with van der Waals surface area (Å²) in [6.07, 6.45) is 13.8. The summed E-state index contributed by atoms with van der Waals surface area (Å²) in [4.78, 5) is 13.7. The van der Waals surface area contributed by atoms with Gasteiger partial charge in [0.15, 0.2) is 0 Å². The molecule has 2 saturated carbocycles. The van der Waals surface area contributed by atoms with Crippen LogP contribution < -0.4 is 0 Å². The topological polar surface area (TPSA) is 20.3 Å². The Balaban J connectivity index is 0.000000182. The Morgan fingerprint density at radius 2 is 1.25 bits per heavy atom. The minimum atomic E-state index is -0.176. The normalized spacial score (nSPS) is 19.7. The van der Waals surface area contributed by atoms with E-state index in [2.05, 4.69) is 81.4 Å². The largest absolute Gasteiger partial charge is 0.309 e. The van der Waals surface area contributed by atoms with Crippen molar-refractivity contribution in [3.63, 3.8) is 0 Å². The maximum atomic E-state index is 11.4. The van der Waals surface area contributed by atoms with Crippen LogP contribution in [0.4, 0.5) is 0 Å². The summed E-state index contributed by atoms with van der Waals surface area (Å²) in [6, 6.07) is 17.6. The first-order chi connectivity index (χ1) is 15.4. The van der Waals surface area contributed by atoms with E-state index in [9.17, 15) is 4.79 Å². The van der Waals surface area contributed by atoms with E-state index in [1.165, 1.54) is 80.9 Å². The van der Waals surface area contributed by atoms with Gasteiger partial charge >= 0.3 is 0 Å². The molecule has 0 saturated heterocycles. The molecule has 0 aliphatic heterocycles. The first-order valence-electron chi connectivity index (χ1n) is 12.6. The molecule has 0 amide bonds. The SMILES string of the molecule is Cc1cccc(C2(C=O)CCCCC2)c1.Cc1cccc(C2(CN(C)C)CCCCC2)c1. The fourth-order valence-electron chi connectivity index (χ4n) is 5.96. The van der Waals surface area contributed by atoms with Crippen LogP contribution in [0.5, 0.6) is 0 Å². The van der Waals surface area contributed by atoms with Gasteiger partial charge in [-0.1, -0.05) is 98.2 Å². The van der Waals surface area contributed by atoms with Crippen LogP contribution >= 0.6 is 0 Å². The zero-order valence-electron chi connectivity index (χ0n) is 20.8. The molecule has 0 radical (unpaired) electrons. The number of rotatable bonds is 5. The van der Waals surface area contributed by atoms with E-state index in [0.717, 1.165) is 12.8 Å². The molecule has 0 N–H and O–H groups in total. The maximum absolute atomic E-state index is 11.4. The summed E-state index contributed by atoms with van der Waals surface area (Å²) in [5.74, 6) is 0. The molecule has 2 fully saturated rings. The average Bonchev–Trinajstić information content (AvgIpc) is 2.80. The van der Waals surface area contributed by atoms with Gasteiger partial charge in [-0.15, -0.1) is 0 Å². The van der Waals surface area contributed by atoms with Crippen molar-refractivity contribution in [3.05, 3.63) is 70.8 Å². The summed E-state index contributed by atoms with van der Waals surface area (Å²) >= 11 is 0. The van der Waals surface area contributed by atoms with Crippen LogP contribution in [0.3, 0.4) is 0 Å². The number of carbonyl (C=O) groups excluding carboxylic acids is 1. The second kappa shape index (κ2) is 11.3. The minimum Gasteiger partial charge on any atom is -0.309 e. The van der Waals surface area contributed by atoms with Crippen molar-refractivity contribution in [2.75, 3.05) is 20.6 Å². The summed E-state index contributed by atoms with van der Waals surface area (Å²) in [5.41, 5.74) is 5.66. The highest BCUT2D eigenvalue weighted by atomic mass is 16.1. The number of aldehydes is 1. The van der Waals surface area contributed by atoms with Crippen molar-refractivity contribution in [1.82, 2.24) is 4.90 Å². The van der Waals surface area contributed by atoms with Crippen molar-refractivity contribution in [2.45, 2.75) is 88.9 Å². The zero-order chi connectivity index (χ0) is 23.0. The summed E-state index contributed by atoms with van der Waals surface area (Å²) in [5, 5.41) is 0. The second-order valence-corrected chi connectivity index (χ2v) is 10.7. The molecule has 2 heteroatoms. The Morgan fingerprint density at radius 1 is 0.750 bits per heavy atom. The third-order valence-electron chi connectivity index (χ3n) is 7.62. The molecule has 0 bridgehead atoms. The molecule has 0 unspecified atom stereocenters. The van der Waals surface area contributed by atoms with Gasteiger partial charge in [0.05, 0.1) is 5.41 Å². The highest BCUT2D eigenvalue weighted by Gasteiger charge is 2.34. The number of likely N-dealkylation sites (N-methyl/N-ethyl adjacent to an activating group) is 1. The van der Waals surface area contributed by atoms with E-state index in [1.807, 2.05) is 0 Å². The van der Waals surface area contributed by atoms with Gasteiger partial charge in [-0.05, 0) is 64.8 Å². The first kappa shape index (κ1) is 24.7. The third kappa shape index (κ3) is 6.10. The number of hydrogen-bond acceptors (Lipinski definition) is 2. The molecule has 0 spiro atoms. The molecular weight excluding hydrogens is 390 g/mol. The van der Waals surface area contributed by atoms with Gasteiger partial charge in [0.2, 0.25) is 0 Å². The molecule has 2 aromatic rings. The quantitative estimate of drug-likeness (QED) is 0.466. The predicted molar refractivity (Wildman–Crippen MR) is 137 cm³/mol. The molecule has 2 aromatic carbocycles. The Kier molecular flexibility index (Phi) is 8.71. The molecule has 4 rings (SSSR count). The smallest absolute Gasteiger partial charge is 0.130 e. The second-order valence-electron chi connectivity index (χ2n) is 10.7. The van der Waals surface area contributed by atoms with Crippen LogP contribution in [0, 0.1) is 13.8 Å². The first-order valence-corrected chi connectivity index (χ1v) is 12.6. The highest BCUT2D eigenvalue weighted by molar-refractivity contribution is 5.69. The van der Waals surface area contributed by atoms with Crippen LogP contribution in [0.2, 0.25) is 0 Å². The van der Waals surface area contributed by atoms with Gasteiger partial charge in [0.25, 0.3) is 0 Å². The minimum absolute atomic E-state index is 0.176. The van der Waals surface area contributed by atoms with Gasteiger partial charge in [0, 0.05) is 12.0 Å². The standard InChI is InChI=1S/C16H25N.C14H18O/c1-14-8-7-9-15(12-14)16(13-17(2)3)10-5-4-6-11-16;1-12-6-5-7-13(10-12)14(11-15)8-3-2-4-9-14/h7-9,12H,4-6,10-11,13H2,1-3H3;5-7,10-11H,2-4,8-9H2,1H3. The van der Waals surface area contributed by atoms with Crippen LogP contribution in [-0.4, -0.2) is 31.8 Å². The molecule has 0 atom stereocenters. The number of nitrogens with zero attached hydrogens (tertiary/aromatic N) is 1. The molecule has 32 heavy (non-hydrogen) atoms. The Bertz CT molecular complexity index is 857. The number of aryl methyl sites for hydroxylation is 2. The van der Waals surface area contributed by atoms with Crippen LogP contribution in [-0.2, 0) is 15.6 Å². The fourth-order valence-corrected chi connectivity index (χ4v) is 5.96. The van der Waals surface area contributed by atoms with Crippen LogP contribution in [0.15, 0.2) is 48.5 Å². The van der Waals surface area contributed by atoms with Gasteiger partial charge in [-0.2, -0.15) is 0 Å². The van der Waals surface area contributed by atoms with Gasteiger partial charge in [-0.3, -0.25) is 0 Å². The molecule has 0 heterocycles. The van der Waals surface area contributed by atoms with Gasteiger partial charge < -0.3 is 9.69 Å². The summed E-state index contributed by atoms with van der Waals surface area (Å²) in [6.45, 7) is 5.48. The molecular formula is C30H43NO. The highest BCUT2D eigenvalue weighted by Crippen LogP contribution is 2.40. The number of hydrogen-bond donors (Lipinski definition) is 0. The number of benzene rings is 2. The maximum Gasteiger partial charge on any atom is 0.130 e. The van der Waals surface area contributed by atoms with E-state index >= 15 is 0 Å². The fraction of sp³-hybridized carbons (Fsp3) is 0.567. The predicted octanol–water partition coefficient (Wildman–Crippen LogP) is 7.15. The lowest BCUT2D eigenvalue weighted by molar-refractivity contribution is -0.113. The number of carbonyl (C=O) groups is 1. The van der Waals surface area contributed by atoms with Crippen molar-refractivity contribution in [3.8, 4) is 0 Å². The lowest BCUT2D eigenvalue weighted by Crippen LogP contribution is -2.39. The van der Waals surface area contributed by atoms with Crippen molar-refractivity contribution < 1.29 is 4.79 Å². The Hall–Kier alpha value is -1.93. The molecule has 174 valence electrons. The molecule has 2 aliphatic carbocycles. The van der Waals surface area contributed by atoms with E-state index in [1.54, 1.807) is 5.56 Å². The average molecular weight is 434 g/mol. The van der Waals surface area contributed by atoms with Gasteiger partial charge in [0.1, 0.15) is 6.29 Å². The lowest BCUT2D eigenvalue weighted by Gasteiger charge is -2.40. The van der Waals surface area contributed by atoms with E-state index < -0.39 is 0 Å². The van der Waals surface area contributed by atoms with Crippen molar-refractivity contribution >= 4 is 6.29 Å². The van der Waals surface area contributed by atoms with E-state index in [-0.39, 0.29) is 5.41 Å². The summed E-state index contributed by atoms with van der Waals surface area (Å²) < 4.78 is 0. The monoisotopic (exact) mass is 433 g/mol.